The summed E-state index contributed by atoms with van der Waals surface area (Å²) in [6.07, 6.45) is 1.64. The van der Waals surface area contributed by atoms with E-state index in [9.17, 15) is 9.59 Å². The Kier molecular flexibility index (Phi) is 5.04. The van der Waals surface area contributed by atoms with Crippen molar-refractivity contribution in [3.05, 3.63) is 47.3 Å². The molecule has 1 aromatic heterocycles. The molecule has 1 unspecified atom stereocenters. The Morgan fingerprint density at radius 2 is 1.74 bits per heavy atom. The van der Waals surface area contributed by atoms with Crippen molar-refractivity contribution >= 4 is 11.8 Å². The van der Waals surface area contributed by atoms with E-state index in [-0.39, 0.29) is 18.4 Å². The molecule has 1 N–H and O–H groups in total. The first kappa shape index (κ1) is 19.1. The zero-order valence-corrected chi connectivity index (χ0v) is 16.6. The van der Waals surface area contributed by atoms with Crippen molar-refractivity contribution < 1.29 is 9.59 Å². The van der Waals surface area contributed by atoms with Gasteiger partial charge >= 0.3 is 0 Å². The van der Waals surface area contributed by atoms with E-state index in [1.54, 1.807) is 15.8 Å². The maximum atomic E-state index is 13.1. The number of nitrogens with one attached hydrogen (secondary N) is 1. The first-order chi connectivity index (χ1) is 12.7. The molecule has 0 aliphatic carbocycles. The lowest BCUT2D eigenvalue weighted by Gasteiger charge is -2.35. The van der Waals surface area contributed by atoms with Crippen LogP contribution < -0.4 is 5.32 Å². The molecule has 0 bridgehead atoms. The second-order valence-electron chi connectivity index (χ2n) is 8.37. The van der Waals surface area contributed by atoms with Crippen LogP contribution in [0.1, 0.15) is 63.4 Å². The molecule has 0 saturated heterocycles. The third-order valence-corrected chi connectivity index (χ3v) is 4.61. The molecule has 7 heteroatoms. The number of aromatic nitrogens is 3. The van der Waals surface area contributed by atoms with Crippen LogP contribution in [0, 0.1) is 0 Å². The van der Waals surface area contributed by atoms with E-state index >= 15 is 0 Å². The van der Waals surface area contributed by atoms with Gasteiger partial charge in [0.05, 0.1) is 18.4 Å². The standard InChI is InChI=1S/C20H27N5O2/c1-13(2)14-6-8-15(9-7-14)18(19(27)22-20(3,4)5)24-11-16-10-21-23-25(16)12-17(24)26/h6-10,13,18H,11-12H2,1-5H3,(H,22,27). The Bertz CT molecular complexity index is 833. The molecule has 0 saturated carbocycles. The zero-order valence-electron chi connectivity index (χ0n) is 16.6. The molecule has 1 aliphatic rings. The van der Waals surface area contributed by atoms with Crippen molar-refractivity contribution in [2.45, 2.75) is 65.2 Å². The van der Waals surface area contributed by atoms with E-state index in [1.807, 2.05) is 45.0 Å². The normalized spacial score (nSPS) is 15.6. The number of benzene rings is 1. The molecule has 0 spiro atoms. The SMILES string of the molecule is CC(C)c1ccc(C(C(=O)NC(C)(C)C)N2Cc3cnnn3CC2=O)cc1. The Morgan fingerprint density at radius 1 is 1.11 bits per heavy atom. The molecular weight excluding hydrogens is 342 g/mol. The van der Waals surface area contributed by atoms with Gasteiger partial charge in [-0.05, 0) is 37.8 Å². The fraction of sp³-hybridized carbons (Fsp3) is 0.500. The summed E-state index contributed by atoms with van der Waals surface area (Å²) in [5.41, 5.74) is 2.42. The Balaban J connectivity index is 1.97. The van der Waals surface area contributed by atoms with Crippen molar-refractivity contribution in [2.75, 3.05) is 0 Å². The van der Waals surface area contributed by atoms with Crippen LogP contribution in [0.5, 0.6) is 0 Å². The summed E-state index contributed by atoms with van der Waals surface area (Å²) in [6, 6.07) is 7.25. The number of amides is 2. The predicted octanol–water partition coefficient (Wildman–Crippen LogP) is 2.40. The quantitative estimate of drug-likeness (QED) is 0.897. The largest absolute Gasteiger partial charge is 0.349 e. The molecule has 2 amide bonds. The van der Waals surface area contributed by atoms with Gasteiger partial charge in [-0.3, -0.25) is 9.59 Å². The van der Waals surface area contributed by atoms with E-state index in [2.05, 4.69) is 29.5 Å². The van der Waals surface area contributed by atoms with Gasteiger partial charge in [-0.2, -0.15) is 0 Å². The molecule has 3 rings (SSSR count). The number of carbonyl (C=O) groups excluding carboxylic acids is 2. The molecular formula is C20H27N5O2. The lowest BCUT2D eigenvalue weighted by molar-refractivity contribution is -0.144. The molecule has 7 nitrogen and oxygen atoms in total. The topological polar surface area (TPSA) is 80.1 Å². The first-order valence-corrected chi connectivity index (χ1v) is 9.24. The molecule has 2 aromatic rings. The number of hydrogen-bond acceptors (Lipinski definition) is 4. The van der Waals surface area contributed by atoms with E-state index in [0.717, 1.165) is 11.3 Å². The predicted molar refractivity (Wildman–Crippen MR) is 102 cm³/mol. The van der Waals surface area contributed by atoms with Crippen LogP contribution in [0.25, 0.3) is 0 Å². The van der Waals surface area contributed by atoms with Crippen molar-refractivity contribution in [3.63, 3.8) is 0 Å². The number of fused-ring (bicyclic) bond motifs is 1. The molecule has 0 fully saturated rings. The lowest BCUT2D eigenvalue weighted by atomic mass is 9.96. The highest BCUT2D eigenvalue weighted by molar-refractivity contribution is 5.89. The second kappa shape index (κ2) is 7.13. The Hall–Kier alpha value is -2.70. The zero-order chi connectivity index (χ0) is 19.8. The molecule has 1 aliphatic heterocycles. The summed E-state index contributed by atoms with van der Waals surface area (Å²) in [5.74, 6) is 0.0713. The average molecular weight is 369 g/mol. The molecule has 1 atom stereocenters. The van der Waals surface area contributed by atoms with Crippen molar-refractivity contribution in [1.82, 2.24) is 25.2 Å². The third kappa shape index (κ3) is 4.18. The summed E-state index contributed by atoms with van der Waals surface area (Å²) >= 11 is 0. The highest BCUT2D eigenvalue weighted by Crippen LogP contribution is 2.28. The summed E-state index contributed by atoms with van der Waals surface area (Å²) in [7, 11) is 0. The Labute approximate surface area is 159 Å². The van der Waals surface area contributed by atoms with Crippen LogP contribution in [0.3, 0.4) is 0 Å². The number of rotatable bonds is 4. The lowest BCUT2D eigenvalue weighted by Crippen LogP contribution is -2.51. The van der Waals surface area contributed by atoms with Crippen LogP contribution in [0.4, 0.5) is 0 Å². The summed E-state index contributed by atoms with van der Waals surface area (Å²) < 4.78 is 1.58. The summed E-state index contributed by atoms with van der Waals surface area (Å²) in [5, 5.41) is 10.8. The van der Waals surface area contributed by atoms with E-state index in [1.165, 1.54) is 5.56 Å². The van der Waals surface area contributed by atoms with E-state index in [4.69, 9.17) is 0 Å². The molecule has 2 heterocycles. The van der Waals surface area contributed by atoms with Crippen LogP contribution in [-0.2, 0) is 22.7 Å². The maximum Gasteiger partial charge on any atom is 0.247 e. The number of nitrogens with zero attached hydrogens (tertiary/aromatic N) is 4. The molecule has 144 valence electrons. The highest BCUT2D eigenvalue weighted by Gasteiger charge is 2.36. The van der Waals surface area contributed by atoms with Gasteiger partial charge in [0, 0.05) is 5.54 Å². The number of hydrogen-bond donors (Lipinski definition) is 1. The first-order valence-electron chi connectivity index (χ1n) is 9.24. The minimum Gasteiger partial charge on any atom is -0.349 e. The van der Waals surface area contributed by atoms with Crippen LogP contribution in [0.2, 0.25) is 0 Å². The Morgan fingerprint density at radius 3 is 2.33 bits per heavy atom. The van der Waals surface area contributed by atoms with Crippen LogP contribution in [-0.4, -0.2) is 37.2 Å². The van der Waals surface area contributed by atoms with Crippen molar-refractivity contribution in [1.29, 1.82) is 0 Å². The van der Waals surface area contributed by atoms with Crippen LogP contribution in [0.15, 0.2) is 30.5 Å². The average Bonchev–Trinajstić information content (AvgIpc) is 3.01. The van der Waals surface area contributed by atoms with Gasteiger partial charge in [0.15, 0.2) is 0 Å². The van der Waals surface area contributed by atoms with Crippen molar-refractivity contribution in [2.24, 2.45) is 0 Å². The van der Waals surface area contributed by atoms with Crippen LogP contribution >= 0.6 is 0 Å². The smallest absolute Gasteiger partial charge is 0.247 e. The third-order valence-electron chi connectivity index (χ3n) is 4.61. The fourth-order valence-electron chi connectivity index (χ4n) is 3.23. The molecule has 27 heavy (non-hydrogen) atoms. The summed E-state index contributed by atoms with van der Waals surface area (Å²) in [6.45, 7) is 10.4. The summed E-state index contributed by atoms with van der Waals surface area (Å²) in [4.78, 5) is 27.5. The van der Waals surface area contributed by atoms with Gasteiger partial charge < -0.3 is 10.2 Å². The van der Waals surface area contributed by atoms with E-state index in [0.29, 0.717) is 12.5 Å². The van der Waals surface area contributed by atoms with Gasteiger partial charge in [0.1, 0.15) is 12.6 Å². The van der Waals surface area contributed by atoms with Gasteiger partial charge in [-0.1, -0.05) is 43.3 Å². The minimum atomic E-state index is -0.693. The minimum absolute atomic E-state index is 0.0959. The maximum absolute atomic E-state index is 13.1. The fourth-order valence-corrected chi connectivity index (χ4v) is 3.23. The van der Waals surface area contributed by atoms with E-state index < -0.39 is 11.6 Å². The molecule has 0 radical (unpaired) electrons. The van der Waals surface area contributed by atoms with Gasteiger partial charge in [-0.15, -0.1) is 5.10 Å². The monoisotopic (exact) mass is 369 g/mol. The van der Waals surface area contributed by atoms with Gasteiger partial charge in [0.2, 0.25) is 11.8 Å². The second-order valence-corrected chi connectivity index (χ2v) is 8.37. The van der Waals surface area contributed by atoms with Gasteiger partial charge in [0.25, 0.3) is 0 Å². The molecule has 1 aromatic carbocycles. The van der Waals surface area contributed by atoms with Crippen molar-refractivity contribution in [3.8, 4) is 0 Å². The highest BCUT2D eigenvalue weighted by atomic mass is 16.2. The number of carbonyl (C=O) groups is 2. The van der Waals surface area contributed by atoms with Gasteiger partial charge in [-0.25, -0.2) is 4.68 Å².